The maximum Gasteiger partial charge on any atom is 0.253 e. The van der Waals surface area contributed by atoms with Crippen LogP contribution in [0.3, 0.4) is 0 Å². The molecular weight excluding hydrogens is 278 g/mol. The number of benzene rings is 2. The van der Waals surface area contributed by atoms with Crippen molar-refractivity contribution < 1.29 is 14.3 Å². The molecule has 4 heteroatoms. The van der Waals surface area contributed by atoms with Crippen molar-refractivity contribution in [2.24, 2.45) is 0 Å². The first-order valence-electron chi connectivity index (χ1n) is 7.11. The van der Waals surface area contributed by atoms with Crippen LogP contribution in [0.4, 0.5) is 0 Å². The van der Waals surface area contributed by atoms with Crippen LogP contribution in [0.25, 0.3) is 0 Å². The highest BCUT2D eigenvalue weighted by Crippen LogP contribution is 2.21. The molecule has 0 aliphatic rings. The van der Waals surface area contributed by atoms with Gasteiger partial charge in [-0.05, 0) is 23.8 Å². The zero-order valence-corrected chi connectivity index (χ0v) is 13.2. The summed E-state index contributed by atoms with van der Waals surface area (Å²) in [6, 6.07) is 15.3. The standard InChI is InChI=1S/C18H21NO3/c1-19(12-14-7-5-4-6-8-14)18(20)15-9-10-17(22-3)16(11-15)13-21-2/h4-11H,12-13H2,1-3H3. The fourth-order valence-corrected chi connectivity index (χ4v) is 2.33. The lowest BCUT2D eigenvalue weighted by Crippen LogP contribution is -2.26. The van der Waals surface area contributed by atoms with E-state index < -0.39 is 0 Å². The number of carbonyl (C=O) groups is 1. The minimum absolute atomic E-state index is 0.0242. The Kier molecular flexibility index (Phi) is 5.55. The first kappa shape index (κ1) is 16.0. The minimum Gasteiger partial charge on any atom is -0.496 e. The highest BCUT2D eigenvalue weighted by Gasteiger charge is 2.14. The molecule has 0 unspecified atom stereocenters. The third-order valence-electron chi connectivity index (χ3n) is 3.44. The molecule has 0 N–H and O–H groups in total. The first-order valence-corrected chi connectivity index (χ1v) is 7.11. The second-order valence-electron chi connectivity index (χ2n) is 5.11. The number of hydrogen-bond acceptors (Lipinski definition) is 3. The topological polar surface area (TPSA) is 38.8 Å². The van der Waals surface area contributed by atoms with E-state index in [0.717, 1.165) is 16.9 Å². The van der Waals surface area contributed by atoms with Crippen LogP contribution in [-0.4, -0.2) is 32.1 Å². The Bertz CT molecular complexity index is 625. The van der Waals surface area contributed by atoms with Crippen molar-refractivity contribution in [2.75, 3.05) is 21.3 Å². The van der Waals surface area contributed by atoms with Crippen molar-refractivity contribution in [3.63, 3.8) is 0 Å². The summed E-state index contributed by atoms with van der Waals surface area (Å²) in [5.74, 6) is 0.702. The van der Waals surface area contributed by atoms with Crippen molar-refractivity contribution in [2.45, 2.75) is 13.2 Å². The van der Waals surface area contributed by atoms with Crippen LogP contribution in [0.1, 0.15) is 21.5 Å². The predicted octanol–water partition coefficient (Wildman–Crippen LogP) is 3.11. The molecule has 4 nitrogen and oxygen atoms in total. The van der Waals surface area contributed by atoms with E-state index in [2.05, 4.69) is 0 Å². The van der Waals surface area contributed by atoms with E-state index in [-0.39, 0.29) is 5.91 Å². The van der Waals surface area contributed by atoms with Gasteiger partial charge in [-0.1, -0.05) is 30.3 Å². The summed E-state index contributed by atoms with van der Waals surface area (Å²) in [5, 5.41) is 0. The van der Waals surface area contributed by atoms with Gasteiger partial charge >= 0.3 is 0 Å². The summed E-state index contributed by atoms with van der Waals surface area (Å²) in [6.45, 7) is 0.984. The second kappa shape index (κ2) is 7.61. The van der Waals surface area contributed by atoms with E-state index in [1.54, 1.807) is 38.3 Å². The summed E-state index contributed by atoms with van der Waals surface area (Å²) >= 11 is 0. The molecule has 0 aromatic heterocycles. The monoisotopic (exact) mass is 299 g/mol. The van der Waals surface area contributed by atoms with Gasteiger partial charge < -0.3 is 14.4 Å². The van der Waals surface area contributed by atoms with Gasteiger partial charge in [-0.15, -0.1) is 0 Å². The molecule has 0 heterocycles. The summed E-state index contributed by atoms with van der Waals surface area (Å²) < 4.78 is 10.4. The summed E-state index contributed by atoms with van der Waals surface area (Å²) in [5.41, 5.74) is 2.60. The lowest BCUT2D eigenvalue weighted by molar-refractivity contribution is 0.0784. The van der Waals surface area contributed by atoms with Crippen molar-refractivity contribution in [1.29, 1.82) is 0 Å². The largest absolute Gasteiger partial charge is 0.496 e. The molecule has 22 heavy (non-hydrogen) atoms. The Morgan fingerprint density at radius 1 is 1.09 bits per heavy atom. The third kappa shape index (κ3) is 3.86. The van der Waals surface area contributed by atoms with E-state index >= 15 is 0 Å². The highest BCUT2D eigenvalue weighted by molar-refractivity contribution is 5.94. The number of ether oxygens (including phenoxy) is 2. The Labute approximate surface area is 131 Å². The molecule has 0 aliphatic heterocycles. The van der Waals surface area contributed by atoms with Crippen LogP contribution in [0.15, 0.2) is 48.5 Å². The molecule has 0 fully saturated rings. The lowest BCUT2D eigenvalue weighted by Gasteiger charge is -2.18. The van der Waals surface area contributed by atoms with E-state index in [1.165, 1.54) is 0 Å². The first-order chi connectivity index (χ1) is 10.7. The van der Waals surface area contributed by atoms with Gasteiger partial charge in [0.2, 0.25) is 0 Å². The van der Waals surface area contributed by atoms with Crippen LogP contribution in [0.2, 0.25) is 0 Å². The fraction of sp³-hybridized carbons (Fsp3) is 0.278. The van der Waals surface area contributed by atoms with Gasteiger partial charge in [0.25, 0.3) is 5.91 Å². The van der Waals surface area contributed by atoms with E-state index in [9.17, 15) is 4.79 Å². The molecule has 0 saturated heterocycles. The maximum atomic E-state index is 12.5. The molecule has 0 radical (unpaired) electrons. The van der Waals surface area contributed by atoms with Crippen LogP contribution in [0, 0.1) is 0 Å². The van der Waals surface area contributed by atoms with Crippen LogP contribution >= 0.6 is 0 Å². The molecule has 116 valence electrons. The van der Waals surface area contributed by atoms with Gasteiger partial charge in [0.05, 0.1) is 13.7 Å². The maximum absolute atomic E-state index is 12.5. The number of carbonyl (C=O) groups excluding carboxylic acids is 1. The number of amides is 1. The van der Waals surface area contributed by atoms with Crippen LogP contribution in [0.5, 0.6) is 5.75 Å². The van der Waals surface area contributed by atoms with E-state index in [1.807, 2.05) is 36.4 Å². The smallest absolute Gasteiger partial charge is 0.253 e. The fourth-order valence-electron chi connectivity index (χ4n) is 2.33. The highest BCUT2D eigenvalue weighted by atomic mass is 16.5. The Hall–Kier alpha value is -2.33. The third-order valence-corrected chi connectivity index (χ3v) is 3.44. The van der Waals surface area contributed by atoms with Crippen molar-refractivity contribution in [3.05, 3.63) is 65.2 Å². The normalized spacial score (nSPS) is 10.3. The molecule has 2 aromatic rings. The Morgan fingerprint density at radius 2 is 1.82 bits per heavy atom. The Morgan fingerprint density at radius 3 is 2.45 bits per heavy atom. The zero-order valence-electron chi connectivity index (χ0n) is 13.2. The quantitative estimate of drug-likeness (QED) is 0.822. The zero-order chi connectivity index (χ0) is 15.9. The molecule has 0 spiro atoms. The minimum atomic E-state index is -0.0242. The summed E-state index contributed by atoms with van der Waals surface area (Å²) in [6.07, 6.45) is 0. The SMILES string of the molecule is COCc1cc(C(=O)N(C)Cc2ccccc2)ccc1OC. The van der Waals surface area contributed by atoms with Crippen LogP contribution < -0.4 is 4.74 Å². The molecule has 1 amide bonds. The summed E-state index contributed by atoms with van der Waals surface area (Å²) in [7, 11) is 5.03. The van der Waals surface area contributed by atoms with Gasteiger partial charge in [-0.25, -0.2) is 0 Å². The van der Waals surface area contributed by atoms with Gasteiger partial charge in [-0.3, -0.25) is 4.79 Å². The number of hydrogen-bond donors (Lipinski definition) is 0. The van der Waals surface area contributed by atoms with E-state index in [4.69, 9.17) is 9.47 Å². The number of nitrogens with zero attached hydrogens (tertiary/aromatic N) is 1. The molecule has 2 aromatic carbocycles. The molecule has 2 rings (SSSR count). The van der Waals surface area contributed by atoms with Gasteiger partial charge in [0.15, 0.2) is 0 Å². The van der Waals surface area contributed by atoms with Crippen LogP contribution in [-0.2, 0) is 17.9 Å². The van der Waals surface area contributed by atoms with Crippen molar-refractivity contribution >= 4 is 5.91 Å². The summed E-state index contributed by atoms with van der Waals surface area (Å²) in [4.78, 5) is 14.3. The molecule has 0 bridgehead atoms. The van der Waals surface area contributed by atoms with Gasteiger partial charge in [0.1, 0.15) is 5.75 Å². The molecule has 0 atom stereocenters. The van der Waals surface area contributed by atoms with Gasteiger partial charge in [0, 0.05) is 31.8 Å². The van der Waals surface area contributed by atoms with Crippen molar-refractivity contribution in [3.8, 4) is 5.75 Å². The molecular formula is C18H21NO3. The second-order valence-corrected chi connectivity index (χ2v) is 5.11. The average Bonchev–Trinajstić information content (AvgIpc) is 2.55. The lowest BCUT2D eigenvalue weighted by atomic mass is 10.1. The number of methoxy groups -OCH3 is 2. The average molecular weight is 299 g/mol. The van der Waals surface area contributed by atoms with Gasteiger partial charge in [-0.2, -0.15) is 0 Å². The molecule has 0 aliphatic carbocycles. The molecule has 0 saturated carbocycles. The van der Waals surface area contributed by atoms with E-state index in [0.29, 0.717) is 18.7 Å². The number of rotatable bonds is 6. The van der Waals surface area contributed by atoms with Crippen molar-refractivity contribution in [1.82, 2.24) is 4.90 Å². The predicted molar refractivity (Wildman–Crippen MR) is 85.9 cm³/mol. The Balaban J connectivity index is 2.16.